The van der Waals surface area contributed by atoms with Crippen LogP contribution in [0.2, 0.25) is 5.02 Å². The topological polar surface area (TPSA) is 175 Å². The molecule has 0 spiro atoms. The maximum atomic E-state index is 14.7. The number of hydrogen-bond acceptors (Lipinski definition) is 8. The summed E-state index contributed by atoms with van der Waals surface area (Å²) in [5.74, 6) is -7.93. The van der Waals surface area contributed by atoms with Crippen molar-refractivity contribution in [1.82, 2.24) is 30.7 Å². The van der Waals surface area contributed by atoms with Gasteiger partial charge >= 0.3 is 5.97 Å². The predicted molar refractivity (Wildman–Crippen MR) is 206 cm³/mol. The van der Waals surface area contributed by atoms with Gasteiger partial charge in [-0.1, -0.05) is 24.6 Å². The molecule has 0 unspecified atom stereocenters. The van der Waals surface area contributed by atoms with Crippen LogP contribution in [0.3, 0.4) is 0 Å². The van der Waals surface area contributed by atoms with Crippen LogP contribution in [0.5, 0.6) is 0 Å². The van der Waals surface area contributed by atoms with Crippen molar-refractivity contribution >= 4 is 53.0 Å². The Bertz CT molecular complexity index is 1990. The minimum absolute atomic E-state index is 0.0379. The normalized spacial score (nSPS) is 27.3. The second-order valence-corrected chi connectivity index (χ2v) is 16.4. The third kappa shape index (κ3) is 9.99. The minimum Gasteiger partial charge on any atom is -0.458 e. The first kappa shape index (κ1) is 43.4. The summed E-state index contributed by atoms with van der Waals surface area (Å²) in [4.78, 5) is 102. The number of cyclic esters (lactones) is 1. The van der Waals surface area contributed by atoms with Gasteiger partial charge in [0.1, 0.15) is 59.8 Å². The molecular formula is C41H48ClF3N6O8. The lowest BCUT2D eigenvalue weighted by molar-refractivity contribution is -0.163. The summed E-state index contributed by atoms with van der Waals surface area (Å²) in [6.45, 7) is 5.21. The fourth-order valence-electron chi connectivity index (χ4n) is 8.48. The molecule has 6 rings (SSSR count). The second kappa shape index (κ2) is 18.4. The molecule has 59 heavy (non-hydrogen) atoms. The van der Waals surface area contributed by atoms with Crippen molar-refractivity contribution in [2.45, 2.75) is 114 Å². The van der Waals surface area contributed by atoms with Crippen LogP contribution in [0.4, 0.5) is 13.2 Å². The Morgan fingerprint density at radius 1 is 0.847 bits per heavy atom. The van der Waals surface area contributed by atoms with Crippen LogP contribution < -0.4 is 16.0 Å². The average molecular weight is 845 g/mol. The highest BCUT2D eigenvalue weighted by Crippen LogP contribution is 2.29. The molecular weight excluding hydrogens is 797 g/mol. The Morgan fingerprint density at radius 2 is 1.53 bits per heavy atom. The number of amides is 6. The van der Waals surface area contributed by atoms with Crippen LogP contribution in [-0.4, -0.2) is 118 Å². The number of benzene rings is 2. The number of rotatable bonds is 7. The number of carbonyl (C=O) groups excluding carboxylic acids is 7. The van der Waals surface area contributed by atoms with Crippen molar-refractivity contribution in [3.05, 3.63) is 70.0 Å². The highest BCUT2D eigenvalue weighted by Gasteiger charge is 2.47. The molecule has 8 atom stereocenters. The van der Waals surface area contributed by atoms with Gasteiger partial charge in [0, 0.05) is 37.1 Å². The molecule has 14 nitrogen and oxygen atoms in total. The molecule has 3 N–H and O–H groups in total. The summed E-state index contributed by atoms with van der Waals surface area (Å²) in [5, 5.41) is 7.90. The summed E-state index contributed by atoms with van der Waals surface area (Å²) in [7, 11) is 0. The van der Waals surface area contributed by atoms with Crippen LogP contribution >= 0.6 is 11.6 Å². The molecule has 2 aromatic rings. The lowest BCUT2D eigenvalue weighted by atomic mass is 9.99. The molecule has 4 saturated heterocycles. The van der Waals surface area contributed by atoms with Gasteiger partial charge in [-0.3, -0.25) is 28.8 Å². The van der Waals surface area contributed by atoms with E-state index in [1.54, 1.807) is 0 Å². The van der Waals surface area contributed by atoms with Crippen LogP contribution in [0.25, 0.3) is 0 Å². The number of piperidine rings is 1. The summed E-state index contributed by atoms with van der Waals surface area (Å²) < 4.78 is 49.2. The highest BCUT2D eigenvalue weighted by molar-refractivity contribution is 6.30. The van der Waals surface area contributed by atoms with Crippen LogP contribution in [-0.2, 0) is 51.1 Å². The standard InChI is InChI=1S/C41H48ClF3N6O8/c1-21-13-33-41(58)59-23(3)35(48-36(53)30(16-24-14-27(43)19-28(44)15-24)47-34(52)17-25-9-10-26(42)18-29(25)45)40(57)50-12-6-8-32(50)39(56)49-11-5-4-7-31(49)37(54)46-22(2)38(55)51(33)20-21/h9-10,14-15,18-19,21-23,30-33,35H,4-8,11-13,16-17,20H2,1-3H3,(H,46,54)(H,47,52)(H,48,53)/t21-,22+,23+,30+,31+,32+,33+,35+/m1/s1. The van der Waals surface area contributed by atoms with Crippen molar-refractivity contribution in [3.8, 4) is 0 Å². The van der Waals surface area contributed by atoms with Crippen molar-refractivity contribution in [3.63, 3.8) is 0 Å². The largest absolute Gasteiger partial charge is 0.458 e. The van der Waals surface area contributed by atoms with Gasteiger partial charge in [-0.2, -0.15) is 0 Å². The van der Waals surface area contributed by atoms with Gasteiger partial charge in [0.2, 0.25) is 35.4 Å². The number of nitrogens with one attached hydrogen (secondary N) is 3. The third-order valence-corrected chi connectivity index (χ3v) is 11.7. The molecule has 6 amide bonds. The first-order chi connectivity index (χ1) is 28.0. The van der Waals surface area contributed by atoms with Crippen molar-refractivity contribution in [1.29, 1.82) is 0 Å². The Hall–Kier alpha value is -5.19. The molecule has 0 bridgehead atoms. The van der Waals surface area contributed by atoms with Gasteiger partial charge in [0.15, 0.2) is 0 Å². The van der Waals surface area contributed by atoms with Crippen molar-refractivity contribution in [2.24, 2.45) is 5.92 Å². The highest BCUT2D eigenvalue weighted by atomic mass is 35.5. The summed E-state index contributed by atoms with van der Waals surface area (Å²) in [5.41, 5.74) is -0.0958. The zero-order valence-electron chi connectivity index (χ0n) is 33.0. The molecule has 2 aromatic carbocycles. The molecule has 4 fully saturated rings. The molecule has 318 valence electrons. The Balaban J connectivity index is 1.34. The Labute approximate surface area is 344 Å². The van der Waals surface area contributed by atoms with E-state index < -0.39 is 114 Å². The Morgan fingerprint density at radius 3 is 2.24 bits per heavy atom. The molecule has 0 radical (unpaired) electrons. The van der Waals surface area contributed by atoms with Crippen molar-refractivity contribution in [2.75, 3.05) is 19.6 Å². The SMILES string of the molecule is C[C@@H]1C[C@H]2C(=O)O[C@@H](C)[C@H](NC(=O)[C@H](Cc3cc(F)cc(F)c3)NC(=O)Cc3ccc(Cl)cc3F)C(=O)N3CCC[C@H]3C(=O)N3CCCC[C@H]3C(=O)N[C@@H](C)C(=O)N2C1. The molecule has 4 aliphatic heterocycles. The molecule has 0 aliphatic carbocycles. The van der Waals surface area contributed by atoms with E-state index in [4.69, 9.17) is 16.3 Å². The third-order valence-electron chi connectivity index (χ3n) is 11.4. The maximum Gasteiger partial charge on any atom is 0.329 e. The number of fused-ring (bicyclic) bond motifs is 3. The van der Waals surface area contributed by atoms with Crippen LogP contribution in [0.1, 0.15) is 70.4 Å². The number of ether oxygens (including phenoxy) is 1. The Kier molecular flexibility index (Phi) is 13.5. The number of hydrogen-bond donors (Lipinski definition) is 3. The number of esters is 1. The smallest absolute Gasteiger partial charge is 0.329 e. The van der Waals surface area contributed by atoms with E-state index in [-0.39, 0.29) is 54.5 Å². The summed E-state index contributed by atoms with van der Waals surface area (Å²) in [6, 6.07) is -1.16. The molecule has 0 aromatic heterocycles. The van der Waals surface area contributed by atoms with E-state index >= 15 is 0 Å². The van der Waals surface area contributed by atoms with Gasteiger partial charge in [0.25, 0.3) is 0 Å². The minimum atomic E-state index is -1.67. The van der Waals surface area contributed by atoms with E-state index in [0.29, 0.717) is 31.7 Å². The van der Waals surface area contributed by atoms with E-state index in [0.717, 1.165) is 18.2 Å². The molecule has 4 heterocycles. The number of carbonyl (C=O) groups is 7. The van der Waals surface area contributed by atoms with Gasteiger partial charge in [0.05, 0.1) is 6.42 Å². The van der Waals surface area contributed by atoms with Gasteiger partial charge in [-0.25, -0.2) is 18.0 Å². The summed E-state index contributed by atoms with van der Waals surface area (Å²) >= 11 is 5.86. The van der Waals surface area contributed by atoms with E-state index in [1.807, 2.05) is 6.92 Å². The average Bonchev–Trinajstić information content (AvgIpc) is 3.83. The number of nitrogens with zero attached hydrogens (tertiary/aromatic N) is 3. The lowest BCUT2D eigenvalue weighted by Crippen LogP contribution is -2.63. The second-order valence-electron chi connectivity index (χ2n) is 16.0. The fourth-order valence-corrected chi connectivity index (χ4v) is 8.64. The van der Waals surface area contributed by atoms with Crippen molar-refractivity contribution < 1.29 is 51.5 Å². The molecule has 4 aliphatic rings. The monoisotopic (exact) mass is 844 g/mol. The lowest BCUT2D eigenvalue weighted by Gasteiger charge is -2.39. The first-order valence-electron chi connectivity index (χ1n) is 19.9. The van der Waals surface area contributed by atoms with Gasteiger partial charge in [-0.05, 0) is 93.7 Å². The first-order valence-corrected chi connectivity index (χ1v) is 20.3. The number of halogens is 4. The van der Waals surface area contributed by atoms with Crippen LogP contribution in [0, 0.1) is 23.4 Å². The molecule has 18 heteroatoms. The van der Waals surface area contributed by atoms with E-state index in [9.17, 15) is 46.7 Å². The van der Waals surface area contributed by atoms with Gasteiger partial charge < -0.3 is 35.4 Å². The summed E-state index contributed by atoms with van der Waals surface area (Å²) in [6.07, 6.45) is -0.0172. The molecule has 0 saturated carbocycles. The fraction of sp³-hybridized carbons (Fsp3) is 0.537. The quantitative estimate of drug-likeness (QED) is 0.357. The van der Waals surface area contributed by atoms with Crippen LogP contribution in [0.15, 0.2) is 36.4 Å². The van der Waals surface area contributed by atoms with Gasteiger partial charge in [-0.15, -0.1) is 0 Å². The predicted octanol–water partition coefficient (Wildman–Crippen LogP) is 2.57. The van der Waals surface area contributed by atoms with E-state index in [1.165, 1.54) is 40.7 Å². The zero-order chi connectivity index (χ0) is 42.7. The van der Waals surface area contributed by atoms with E-state index in [2.05, 4.69) is 16.0 Å². The maximum absolute atomic E-state index is 14.7. The zero-order valence-corrected chi connectivity index (χ0v) is 33.7.